The van der Waals surface area contributed by atoms with Gasteiger partial charge in [0, 0.05) is 34.7 Å². The Kier molecular flexibility index (Phi) is 5.75. The molecule has 5 rings (SSSR count). The molecule has 6 nitrogen and oxygen atoms in total. The molecule has 0 unspecified atom stereocenters. The number of ether oxygens (including phenoxy) is 1. The number of hydrogen-bond donors (Lipinski definition) is 0. The highest BCUT2D eigenvalue weighted by Gasteiger charge is 2.33. The molecule has 8 heteroatoms. The highest BCUT2D eigenvalue weighted by atomic mass is 35.5. The van der Waals surface area contributed by atoms with E-state index >= 15 is 0 Å². The van der Waals surface area contributed by atoms with Crippen molar-refractivity contribution in [2.45, 2.75) is 19.9 Å². The van der Waals surface area contributed by atoms with Crippen molar-refractivity contribution in [2.24, 2.45) is 12.0 Å². The van der Waals surface area contributed by atoms with E-state index < -0.39 is 12.0 Å². The molecule has 0 amide bonds. The Morgan fingerprint density at radius 3 is 2.68 bits per heavy atom. The van der Waals surface area contributed by atoms with Gasteiger partial charge in [-0.15, -0.1) is 0 Å². The molecular formula is C26H22ClN3O3S. The van der Waals surface area contributed by atoms with Crippen molar-refractivity contribution in [2.75, 3.05) is 6.61 Å². The summed E-state index contributed by atoms with van der Waals surface area (Å²) in [7, 11) is 1.98. The number of benzene rings is 2. The second-order valence-corrected chi connectivity index (χ2v) is 9.51. The van der Waals surface area contributed by atoms with Gasteiger partial charge in [-0.1, -0.05) is 53.3 Å². The van der Waals surface area contributed by atoms with Crippen LogP contribution in [0.15, 0.2) is 75.8 Å². The summed E-state index contributed by atoms with van der Waals surface area (Å²) in [5, 5.41) is 1.64. The quantitative estimate of drug-likeness (QED) is 0.406. The van der Waals surface area contributed by atoms with Crippen molar-refractivity contribution in [3.05, 3.63) is 102 Å². The van der Waals surface area contributed by atoms with E-state index in [1.54, 1.807) is 30.5 Å². The van der Waals surface area contributed by atoms with Crippen molar-refractivity contribution in [3.63, 3.8) is 0 Å². The fourth-order valence-corrected chi connectivity index (χ4v) is 5.54. The molecule has 0 saturated heterocycles. The highest BCUT2D eigenvalue weighted by Crippen LogP contribution is 2.31. The summed E-state index contributed by atoms with van der Waals surface area (Å²) in [6.45, 7) is 3.76. The van der Waals surface area contributed by atoms with Gasteiger partial charge in [-0.25, -0.2) is 9.79 Å². The topological polar surface area (TPSA) is 65.6 Å². The lowest BCUT2D eigenvalue weighted by atomic mass is 9.96. The predicted molar refractivity (Wildman–Crippen MR) is 135 cm³/mol. The summed E-state index contributed by atoms with van der Waals surface area (Å²) >= 11 is 7.42. The van der Waals surface area contributed by atoms with Gasteiger partial charge in [0.25, 0.3) is 5.56 Å². The maximum atomic E-state index is 13.7. The van der Waals surface area contributed by atoms with Gasteiger partial charge in [0.05, 0.1) is 28.5 Å². The first-order valence-electron chi connectivity index (χ1n) is 10.9. The number of fused-ring (bicyclic) bond motifs is 2. The Bertz CT molecular complexity index is 1640. The second kappa shape index (κ2) is 8.74. The minimum absolute atomic E-state index is 0.203. The minimum atomic E-state index is -0.651. The van der Waals surface area contributed by atoms with Crippen molar-refractivity contribution in [1.29, 1.82) is 0 Å². The van der Waals surface area contributed by atoms with Crippen LogP contribution in [0.25, 0.3) is 17.0 Å². The Labute approximate surface area is 204 Å². The molecule has 1 aliphatic rings. The van der Waals surface area contributed by atoms with Crippen molar-refractivity contribution < 1.29 is 9.53 Å². The van der Waals surface area contributed by atoms with Crippen LogP contribution in [0.4, 0.5) is 0 Å². The normalized spacial score (nSPS) is 16.0. The van der Waals surface area contributed by atoms with Gasteiger partial charge in [-0.2, -0.15) is 0 Å². The highest BCUT2D eigenvalue weighted by molar-refractivity contribution is 7.07. The number of rotatable bonds is 4. The standard InChI is InChI=1S/C26H22ClN3O3S/c1-4-33-25(32)22-15(2)28-26-30(23(22)16-9-11-18(27)12-10-16)24(31)21(34-26)13-17-14-29(3)20-8-6-5-7-19(17)20/h5-14,23H,4H2,1-3H3/b21-13-/t23-/m0/s1. The van der Waals surface area contributed by atoms with E-state index in [-0.39, 0.29) is 12.2 Å². The fraction of sp³-hybridized carbons (Fsp3) is 0.192. The molecule has 3 heterocycles. The number of halogens is 1. The van der Waals surface area contributed by atoms with E-state index in [1.165, 1.54) is 11.3 Å². The van der Waals surface area contributed by atoms with E-state index in [2.05, 4.69) is 4.99 Å². The van der Waals surface area contributed by atoms with Crippen LogP contribution in [0.2, 0.25) is 5.02 Å². The number of aryl methyl sites for hydroxylation is 1. The van der Waals surface area contributed by atoms with Crippen molar-refractivity contribution in [1.82, 2.24) is 9.13 Å². The van der Waals surface area contributed by atoms with Gasteiger partial charge in [0.1, 0.15) is 0 Å². The van der Waals surface area contributed by atoms with Crippen LogP contribution in [0.3, 0.4) is 0 Å². The number of nitrogens with zero attached hydrogens (tertiary/aromatic N) is 3. The van der Waals surface area contributed by atoms with Crippen LogP contribution >= 0.6 is 22.9 Å². The third-order valence-electron chi connectivity index (χ3n) is 5.92. The molecule has 0 radical (unpaired) electrons. The number of thiazole rings is 1. The van der Waals surface area contributed by atoms with Gasteiger partial charge in [0.15, 0.2) is 4.80 Å². The number of carbonyl (C=O) groups excluding carboxylic acids is 1. The lowest BCUT2D eigenvalue weighted by Gasteiger charge is -2.24. The van der Waals surface area contributed by atoms with E-state index in [0.717, 1.165) is 22.0 Å². The van der Waals surface area contributed by atoms with Gasteiger partial charge in [-0.3, -0.25) is 9.36 Å². The van der Waals surface area contributed by atoms with Crippen LogP contribution < -0.4 is 14.9 Å². The predicted octanol–water partition coefficient (Wildman–Crippen LogP) is 3.94. The molecule has 0 bridgehead atoms. The average Bonchev–Trinajstić information content (AvgIpc) is 3.30. The summed E-state index contributed by atoms with van der Waals surface area (Å²) in [6.07, 6.45) is 3.91. The molecule has 34 heavy (non-hydrogen) atoms. The van der Waals surface area contributed by atoms with Crippen LogP contribution in [-0.2, 0) is 16.6 Å². The summed E-state index contributed by atoms with van der Waals surface area (Å²) in [5.41, 5.74) is 3.49. The van der Waals surface area contributed by atoms with Gasteiger partial charge in [-0.05, 0) is 43.7 Å². The number of carbonyl (C=O) groups is 1. The first kappa shape index (κ1) is 22.4. The molecular weight excluding hydrogens is 470 g/mol. The van der Waals surface area contributed by atoms with Crippen molar-refractivity contribution in [3.8, 4) is 0 Å². The lowest BCUT2D eigenvalue weighted by molar-refractivity contribution is -0.139. The zero-order chi connectivity index (χ0) is 24.0. The third-order valence-corrected chi connectivity index (χ3v) is 7.15. The van der Waals surface area contributed by atoms with Crippen LogP contribution in [0.5, 0.6) is 0 Å². The molecule has 0 saturated carbocycles. The van der Waals surface area contributed by atoms with Crippen LogP contribution in [0, 0.1) is 0 Å². The fourth-order valence-electron chi connectivity index (χ4n) is 4.38. The Hall–Kier alpha value is -3.42. The maximum Gasteiger partial charge on any atom is 0.338 e. The number of para-hydroxylation sites is 1. The molecule has 1 atom stereocenters. The number of allylic oxidation sites excluding steroid dienone is 1. The van der Waals surface area contributed by atoms with E-state index in [9.17, 15) is 9.59 Å². The monoisotopic (exact) mass is 491 g/mol. The lowest BCUT2D eigenvalue weighted by Crippen LogP contribution is -2.39. The summed E-state index contributed by atoms with van der Waals surface area (Å²) < 4.78 is 9.51. The molecule has 0 aliphatic carbocycles. The van der Waals surface area contributed by atoms with Crippen molar-refractivity contribution >= 4 is 45.9 Å². The van der Waals surface area contributed by atoms with E-state index in [0.29, 0.717) is 25.6 Å². The van der Waals surface area contributed by atoms with Gasteiger partial charge in [0.2, 0.25) is 0 Å². The SMILES string of the molecule is CCOC(=O)C1=C(C)N=c2s/c(=C\c3cn(C)c4ccccc34)c(=O)n2[C@H]1c1ccc(Cl)cc1. The first-order chi connectivity index (χ1) is 16.4. The molecule has 1 aliphatic heterocycles. The number of hydrogen-bond acceptors (Lipinski definition) is 5. The summed E-state index contributed by atoms with van der Waals surface area (Å²) in [4.78, 5) is 31.8. The van der Waals surface area contributed by atoms with Crippen LogP contribution in [-0.4, -0.2) is 21.7 Å². The molecule has 2 aromatic carbocycles. The second-order valence-electron chi connectivity index (χ2n) is 8.07. The summed E-state index contributed by atoms with van der Waals surface area (Å²) in [5.74, 6) is -0.480. The molecule has 0 spiro atoms. The number of esters is 1. The van der Waals surface area contributed by atoms with E-state index in [1.807, 2.05) is 60.3 Å². The largest absolute Gasteiger partial charge is 0.463 e. The average molecular weight is 492 g/mol. The molecule has 0 fully saturated rings. The Balaban J connectivity index is 1.75. The molecule has 2 aromatic heterocycles. The molecule has 0 N–H and O–H groups in total. The zero-order valence-electron chi connectivity index (χ0n) is 18.9. The Morgan fingerprint density at radius 1 is 1.21 bits per heavy atom. The molecule has 172 valence electrons. The smallest absolute Gasteiger partial charge is 0.338 e. The van der Waals surface area contributed by atoms with Gasteiger partial charge < -0.3 is 9.30 Å². The minimum Gasteiger partial charge on any atom is -0.463 e. The zero-order valence-corrected chi connectivity index (χ0v) is 20.5. The van der Waals surface area contributed by atoms with Gasteiger partial charge >= 0.3 is 5.97 Å². The summed E-state index contributed by atoms with van der Waals surface area (Å²) in [6, 6.07) is 14.6. The van der Waals surface area contributed by atoms with Crippen LogP contribution in [0.1, 0.15) is 31.0 Å². The number of aromatic nitrogens is 2. The van der Waals surface area contributed by atoms with E-state index in [4.69, 9.17) is 16.3 Å². The third kappa shape index (κ3) is 3.71. The maximum absolute atomic E-state index is 13.7. The molecule has 4 aromatic rings. The first-order valence-corrected chi connectivity index (χ1v) is 12.1. The Morgan fingerprint density at radius 2 is 1.94 bits per heavy atom.